The van der Waals surface area contributed by atoms with E-state index in [4.69, 9.17) is 10.2 Å². The molecule has 4 aromatic rings. The molecule has 0 saturated carbocycles. The van der Waals surface area contributed by atoms with E-state index in [-0.39, 0.29) is 50.2 Å². The van der Waals surface area contributed by atoms with Crippen LogP contribution >= 0.6 is 0 Å². The van der Waals surface area contributed by atoms with Crippen molar-refractivity contribution < 1.29 is 57.6 Å². The number of para-hydroxylation sites is 2. The normalized spacial score (nSPS) is 13.2. The summed E-state index contributed by atoms with van der Waals surface area (Å²) in [5.41, 5.74) is 0.388. The van der Waals surface area contributed by atoms with Gasteiger partial charge in [0.25, 0.3) is 0 Å². The number of nitrogens with zero attached hydrogens (tertiary/aromatic N) is 2. The number of alkyl halides is 6. The molecule has 0 aliphatic carbocycles. The molecule has 206 valence electrons. The van der Waals surface area contributed by atoms with Crippen LogP contribution in [0.2, 0.25) is 0 Å². The Labute approximate surface area is 229 Å². The van der Waals surface area contributed by atoms with Gasteiger partial charge in [-0.25, -0.2) is 0 Å². The molecule has 0 radical (unpaired) electrons. The second kappa shape index (κ2) is 12.8. The Bertz CT molecular complexity index is 1220. The molecule has 0 fully saturated rings. The minimum Gasteiger partial charge on any atom is -0.393 e. The summed E-state index contributed by atoms with van der Waals surface area (Å²) in [6.45, 7) is 3.32. The van der Waals surface area contributed by atoms with Crippen LogP contribution in [-0.4, -0.2) is 32.4 Å². The molecule has 0 spiro atoms. The Morgan fingerprint density at radius 1 is 0.711 bits per heavy atom. The summed E-state index contributed by atoms with van der Waals surface area (Å²) in [7, 11) is 0. The number of halogens is 6. The Hall–Kier alpha value is -2.81. The van der Waals surface area contributed by atoms with Gasteiger partial charge in [-0.2, -0.15) is 26.3 Å². The summed E-state index contributed by atoms with van der Waals surface area (Å²) in [6, 6.07) is 16.7. The van der Waals surface area contributed by atoms with Crippen molar-refractivity contribution in [3.8, 4) is 22.5 Å². The van der Waals surface area contributed by atoms with Crippen LogP contribution in [0.5, 0.6) is 0 Å². The number of benzene rings is 3. The molecule has 0 saturated heterocycles. The standard InChI is InChI=1S/C22H11F6N2.C5H12O2.Pt/c23-21(24,25)15-9-5-13(6-10-15)19-20(30-18-4-2-1-3-17(18)29-19)14-7-11-16(12-8-14)22(26,27)28;1-4(6)3-5(2)7;/h1-7,9-12H;4-7H,3H2,1-2H3;/q-1;;. The second-order valence-electron chi connectivity index (χ2n) is 8.41. The molecule has 2 atom stereocenters. The third kappa shape index (κ3) is 8.35. The van der Waals surface area contributed by atoms with E-state index in [0.717, 1.165) is 24.3 Å². The van der Waals surface area contributed by atoms with Gasteiger partial charge in [-0.15, -0.1) is 29.8 Å². The fourth-order valence-electron chi connectivity index (χ4n) is 3.45. The largest absolute Gasteiger partial charge is 0.416 e. The number of aliphatic hydroxyl groups excluding tert-OH is 2. The first kappa shape index (κ1) is 31.4. The van der Waals surface area contributed by atoms with E-state index in [2.05, 4.69) is 16.0 Å². The molecular formula is C27H23F6N2O2Pt-. The van der Waals surface area contributed by atoms with Crippen LogP contribution in [0.3, 0.4) is 0 Å². The van der Waals surface area contributed by atoms with Crippen molar-refractivity contribution >= 4 is 11.0 Å². The number of aliphatic hydroxyl groups is 2. The first-order valence-corrected chi connectivity index (χ1v) is 11.2. The Morgan fingerprint density at radius 3 is 1.58 bits per heavy atom. The fourth-order valence-corrected chi connectivity index (χ4v) is 3.45. The molecule has 0 aliphatic rings. The van der Waals surface area contributed by atoms with Crippen molar-refractivity contribution in [3.05, 3.63) is 83.9 Å². The molecule has 4 rings (SSSR count). The molecule has 2 N–H and O–H groups in total. The van der Waals surface area contributed by atoms with Crippen LogP contribution in [-0.2, 0) is 33.4 Å². The average molecular weight is 717 g/mol. The quantitative estimate of drug-likeness (QED) is 0.178. The predicted octanol–water partition coefficient (Wildman–Crippen LogP) is 6.94. The number of aromatic nitrogens is 2. The zero-order valence-electron chi connectivity index (χ0n) is 20.1. The number of fused-ring (bicyclic) bond motifs is 1. The zero-order valence-corrected chi connectivity index (χ0v) is 22.4. The Kier molecular flexibility index (Phi) is 10.6. The molecule has 4 nitrogen and oxygen atoms in total. The third-order valence-corrected chi connectivity index (χ3v) is 5.13. The zero-order chi connectivity index (χ0) is 27.4. The summed E-state index contributed by atoms with van der Waals surface area (Å²) in [6.07, 6.45) is -9.28. The average Bonchev–Trinajstić information content (AvgIpc) is 2.82. The van der Waals surface area contributed by atoms with Gasteiger partial charge >= 0.3 is 12.4 Å². The van der Waals surface area contributed by atoms with E-state index >= 15 is 0 Å². The molecule has 0 bridgehead atoms. The first-order valence-electron chi connectivity index (χ1n) is 11.2. The van der Waals surface area contributed by atoms with Crippen molar-refractivity contribution in [1.29, 1.82) is 0 Å². The van der Waals surface area contributed by atoms with Crippen molar-refractivity contribution in [2.75, 3.05) is 0 Å². The Balaban J connectivity index is 0.000000561. The van der Waals surface area contributed by atoms with Gasteiger partial charge in [-0.05, 0) is 55.7 Å². The smallest absolute Gasteiger partial charge is 0.393 e. The summed E-state index contributed by atoms with van der Waals surface area (Å²) >= 11 is 0. The van der Waals surface area contributed by atoms with Crippen molar-refractivity contribution in [2.45, 2.75) is 44.8 Å². The van der Waals surface area contributed by atoms with Gasteiger partial charge < -0.3 is 10.2 Å². The molecule has 0 amide bonds. The fraction of sp³-hybridized carbons (Fsp3) is 0.259. The Morgan fingerprint density at radius 2 is 1.18 bits per heavy atom. The maximum Gasteiger partial charge on any atom is 0.416 e. The van der Waals surface area contributed by atoms with Gasteiger partial charge in [0.15, 0.2) is 0 Å². The second-order valence-corrected chi connectivity index (χ2v) is 8.41. The van der Waals surface area contributed by atoms with E-state index in [9.17, 15) is 26.3 Å². The monoisotopic (exact) mass is 716 g/mol. The maximum atomic E-state index is 12.9. The van der Waals surface area contributed by atoms with Gasteiger partial charge in [0.2, 0.25) is 0 Å². The third-order valence-electron chi connectivity index (χ3n) is 5.13. The minimum absolute atomic E-state index is 0. The molecule has 1 heterocycles. The number of hydrogen-bond acceptors (Lipinski definition) is 4. The molecule has 2 unspecified atom stereocenters. The van der Waals surface area contributed by atoms with E-state index in [1.165, 1.54) is 18.2 Å². The summed E-state index contributed by atoms with van der Waals surface area (Å²) in [5, 5.41) is 17.1. The summed E-state index contributed by atoms with van der Waals surface area (Å²) < 4.78 is 77.3. The number of rotatable bonds is 4. The topological polar surface area (TPSA) is 66.2 Å². The van der Waals surface area contributed by atoms with E-state index in [1.807, 2.05) is 0 Å². The minimum atomic E-state index is -4.51. The van der Waals surface area contributed by atoms with Gasteiger partial charge in [0.05, 0.1) is 34.5 Å². The van der Waals surface area contributed by atoms with Gasteiger partial charge in [-0.1, -0.05) is 24.3 Å². The van der Waals surface area contributed by atoms with Gasteiger partial charge in [0, 0.05) is 26.8 Å². The molecular weight excluding hydrogens is 693 g/mol. The molecule has 3 aromatic carbocycles. The van der Waals surface area contributed by atoms with Crippen LogP contribution in [0, 0.1) is 6.07 Å². The summed E-state index contributed by atoms with van der Waals surface area (Å²) in [4.78, 5) is 8.99. The molecule has 38 heavy (non-hydrogen) atoms. The van der Waals surface area contributed by atoms with Crippen LogP contribution < -0.4 is 0 Å². The van der Waals surface area contributed by atoms with Gasteiger partial charge in [-0.3, -0.25) is 9.97 Å². The van der Waals surface area contributed by atoms with Crippen LogP contribution in [0.15, 0.2) is 66.7 Å². The van der Waals surface area contributed by atoms with E-state index < -0.39 is 23.5 Å². The predicted molar refractivity (Wildman–Crippen MR) is 127 cm³/mol. The van der Waals surface area contributed by atoms with Crippen molar-refractivity contribution in [1.82, 2.24) is 9.97 Å². The maximum absolute atomic E-state index is 12.9. The van der Waals surface area contributed by atoms with Crippen molar-refractivity contribution in [2.24, 2.45) is 0 Å². The van der Waals surface area contributed by atoms with Gasteiger partial charge in [0.1, 0.15) is 0 Å². The number of hydrogen-bond donors (Lipinski definition) is 2. The van der Waals surface area contributed by atoms with Crippen LogP contribution in [0.1, 0.15) is 31.4 Å². The SMILES string of the molecule is CC(O)CC(C)O.FC(F)(F)c1c[c-]c(-c2nc3ccccc3nc2-c2ccc(C(F)(F)F)cc2)cc1.[Pt]. The van der Waals surface area contributed by atoms with E-state index in [1.54, 1.807) is 38.1 Å². The first-order chi connectivity index (χ1) is 17.3. The molecule has 0 aliphatic heterocycles. The van der Waals surface area contributed by atoms with Crippen LogP contribution in [0.25, 0.3) is 33.5 Å². The van der Waals surface area contributed by atoms with E-state index in [0.29, 0.717) is 23.0 Å². The molecule has 1 aromatic heterocycles. The molecule has 11 heteroatoms. The van der Waals surface area contributed by atoms with Crippen molar-refractivity contribution in [3.63, 3.8) is 0 Å². The summed E-state index contributed by atoms with van der Waals surface area (Å²) in [5.74, 6) is 0. The van der Waals surface area contributed by atoms with Crippen LogP contribution in [0.4, 0.5) is 26.3 Å².